The number of aliphatic carboxylic acids is 1. The Morgan fingerprint density at radius 3 is 2.62 bits per heavy atom. The molecule has 0 aromatic carbocycles. The molecule has 0 saturated heterocycles. The quantitative estimate of drug-likeness (QED) is 0.497. The molecule has 0 fully saturated rings. The second-order valence-corrected chi connectivity index (χ2v) is 3.13. The van der Waals surface area contributed by atoms with Gasteiger partial charge in [-0.1, -0.05) is 0 Å². The normalized spacial score (nSPS) is 8.38. The van der Waals surface area contributed by atoms with Crippen LogP contribution in [0.25, 0.3) is 0 Å². The fraction of sp³-hybridized carbons (Fsp3) is 0.250. The molecule has 0 aliphatic rings. The molecule has 4 N–H and O–H groups in total. The highest BCUT2D eigenvalue weighted by Crippen LogP contribution is 2.05. The van der Waals surface area contributed by atoms with Crippen LogP contribution in [0, 0.1) is 5.41 Å². The number of hydrogen-bond acceptors (Lipinski definition) is 3. The minimum Gasteiger partial charge on any atom is -0.481 e. The predicted molar refractivity (Wildman–Crippen MR) is 53.2 cm³/mol. The van der Waals surface area contributed by atoms with Crippen LogP contribution in [0.3, 0.4) is 0 Å². The third kappa shape index (κ3) is 8.55. The van der Waals surface area contributed by atoms with Gasteiger partial charge in [-0.2, -0.15) is 11.3 Å². The Bertz CT molecular complexity index is 266. The van der Waals surface area contributed by atoms with E-state index in [0.29, 0.717) is 6.42 Å². The second kappa shape index (κ2) is 6.19. The van der Waals surface area contributed by atoms with E-state index in [1.165, 1.54) is 0 Å². The number of carboxylic acid groups (broad SMARTS) is 1. The van der Waals surface area contributed by atoms with E-state index in [0.717, 1.165) is 12.5 Å². The van der Waals surface area contributed by atoms with Crippen molar-refractivity contribution < 1.29 is 9.90 Å². The summed E-state index contributed by atoms with van der Waals surface area (Å²) in [4.78, 5) is 9.00. The highest BCUT2D eigenvalue weighted by atomic mass is 32.1. The van der Waals surface area contributed by atoms with E-state index in [4.69, 9.17) is 21.0 Å². The minimum atomic E-state index is -0.833. The molecule has 0 radical (unpaired) electrons. The molecule has 0 atom stereocenters. The van der Waals surface area contributed by atoms with Crippen molar-refractivity contribution in [2.45, 2.75) is 13.3 Å². The minimum absolute atomic E-state index is 0.230. The van der Waals surface area contributed by atoms with Crippen molar-refractivity contribution in [3.05, 3.63) is 22.4 Å². The Hall–Kier alpha value is -1.36. The Morgan fingerprint density at radius 1 is 1.77 bits per heavy atom. The first-order chi connectivity index (χ1) is 6.02. The first-order valence-corrected chi connectivity index (χ1v) is 4.50. The smallest absolute Gasteiger partial charge is 0.300 e. The van der Waals surface area contributed by atoms with Crippen molar-refractivity contribution >= 4 is 23.1 Å². The summed E-state index contributed by atoms with van der Waals surface area (Å²) in [6.07, 6.45) is 0.587. The summed E-state index contributed by atoms with van der Waals surface area (Å²) in [6.45, 7) is 1.08. The molecular weight excluding hydrogens is 188 g/mol. The predicted octanol–water partition coefficient (Wildman–Crippen LogP) is 1.32. The molecule has 0 aliphatic heterocycles. The molecule has 1 rings (SSSR count). The van der Waals surface area contributed by atoms with Crippen LogP contribution in [0.5, 0.6) is 0 Å². The van der Waals surface area contributed by atoms with E-state index in [1.54, 1.807) is 11.3 Å². The Balaban J connectivity index is 0.000000310. The average molecular weight is 200 g/mol. The van der Waals surface area contributed by atoms with Gasteiger partial charge >= 0.3 is 0 Å². The lowest BCUT2D eigenvalue weighted by molar-refractivity contribution is -0.134. The lowest BCUT2D eigenvalue weighted by atomic mass is 10.2. The Labute approximate surface area is 80.5 Å². The molecule has 1 heterocycles. The van der Waals surface area contributed by atoms with Crippen LogP contribution in [0.4, 0.5) is 0 Å². The molecule has 0 saturated carbocycles. The average Bonchev–Trinajstić information content (AvgIpc) is 2.36. The van der Waals surface area contributed by atoms with E-state index >= 15 is 0 Å². The summed E-state index contributed by atoms with van der Waals surface area (Å²) in [7, 11) is 0. The van der Waals surface area contributed by atoms with E-state index in [-0.39, 0.29) is 5.84 Å². The highest BCUT2D eigenvalue weighted by molar-refractivity contribution is 7.07. The number of thiophene rings is 1. The summed E-state index contributed by atoms with van der Waals surface area (Å²) < 4.78 is 0. The van der Waals surface area contributed by atoms with Crippen molar-refractivity contribution in [1.29, 1.82) is 5.41 Å². The monoisotopic (exact) mass is 200 g/mol. The molecule has 1 aromatic heterocycles. The second-order valence-electron chi connectivity index (χ2n) is 2.35. The topological polar surface area (TPSA) is 87.2 Å². The number of carboxylic acids is 1. The molecule has 0 aliphatic carbocycles. The fourth-order valence-electron chi connectivity index (χ4n) is 0.613. The van der Waals surface area contributed by atoms with Crippen LogP contribution < -0.4 is 5.73 Å². The Morgan fingerprint density at radius 2 is 2.31 bits per heavy atom. The SMILES string of the molecule is CC(=O)O.N=C(N)Cc1ccsc1. The van der Waals surface area contributed by atoms with Crippen molar-refractivity contribution in [3.8, 4) is 0 Å². The first-order valence-electron chi connectivity index (χ1n) is 3.56. The number of nitrogens with one attached hydrogen (secondary N) is 1. The molecule has 0 bridgehead atoms. The molecule has 0 spiro atoms. The van der Waals surface area contributed by atoms with Crippen LogP contribution >= 0.6 is 11.3 Å². The number of rotatable bonds is 2. The van der Waals surface area contributed by atoms with Crippen LogP contribution in [0.15, 0.2) is 16.8 Å². The zero-order valence-corrected chi connectivity index (χ0v) is 8.10. The molecule has 0 unspecified atom stereocenters. The van der Waals surface area contributed by atoms with Gasteiger partial charge in [0.25, 0.3) is 5.97 Å². The van der Waals surface area contributed by atoms with Crippen molar-refractivity contribution in [3.63, 3.8) is 0 Å². The molecule has 5 heteroatoms. The van der Waals surface area contributed by atoms with Crippen LogP contribution in [-0.4, -0.2) is 16.9 Å². The lowest BCUT2D eigenvalue weighted by Gasteiger charge is -1.90. The summed E-state index contributed by atoms with van der Waals surface area (Å²) >= 11 is 1.63. The third-order valence-corrected chi connectivity index (χ3v) is 1.71. The molecular formula is C8H12N2O2S. The largest absolute Gasteiger partial charge is 0.481 e. The van der Waals surface area contributed by atoms with Gasteiger partial charge in [0.05, 0.1) is 5.84 Å². The molecule has 13 heavy (non-hydrogen) atoms. The summed E-state index contributed by atoms with van der Waals surface area (Å²) in [6, 6.07) is 1.98. The van der Waals surface area contributed by atoms with E-state index in [1.807, 2.05) is 16.8 Å². The third-order valence-electron chi connectivity index (χ3n) is 0.975. The first kappa shape index (κ1) is 11.6. The maximum absolute atomic E-state index is 9.00. The van der Waals surface area contributed by atoms with Gasteiger partial charge in [-0.3, -0.25) is 10.2 Å². The molecule has 4 nitrogen and oxygen atoms in total. The van der Waals surface area contributed by atoms with Crippen LogP contribution in [0.1, 0.15) is 12.5 Å². The summed E-state index contributed by atoms with van der Waals surface area (Å²) in [5.41, 5.74) is 6.30. The van der Waals surface area contributed by atoms with Gasteiger partial charge in [-0.15, -0.1) is 0 Å². The van der Waals surface area contributed by atoms with Crippen molar-refractivity contribution in [1.82, 2.24) is 0 Å². The van der Waals surface area contributed by atoms with Crippen molar-refractivity contribution in [2.24, 2.45) is 5.73 Å². The van der Waals surface area contributed by atoms with Gasteiger partial charge in [0.1, 0.15) is 0 Å². The Kier molecular flexibility index (Phi) is 5.54. The maximum Gasteiger partial charge on any atom is 0.300 e. The van der Waals surface area contributed by atoms with E-state index in [9.17, 15) is 0 Å². The van der Waals surface area contributed by atoms with Crippen LogP contribution in [-0.2, 0) is 11.2 Å². The number of amidine groups is 1. The maximum atomic E-state index is 9.00. The van der Waals surface area contributed by atoms with E-state index < -0.39 is 5.97 Å². The lowest BCUT2D eigenvalue weighted by Crippen LogP contribution is -2.11. The van der Waals surface area contributed by atoms with E-state index in [2.05, 4.69) is 0 Å². The number of hydrogen-bond donors (Lipinski definition) is 3. The standard InChI is InChI=1S/C6H8N2S.C2H4O2/c7-6(8)3-5-1-2-9-4-5;1-2(3)4/h1-2,4H,3H2,(H3,7,8);1H3,(H,3,4). The van der Waals surface area contributed by atoms with Crippen molar-refractivity contribution in [2.75, 3.05) is 0 Å². The number of nitrogens with two attached hydrogens (primary N) is 1. The summed E-state index contributed by atoms with van der Waals surface area (Å²) in [5, 5.41) is 18.4. The van der Waals surface area contributed by atoms with Crippen LogP contribution in [0.2, 0.25) is 0 Å². The molecule has 72 valence electrons. The number of carbonyl (C=O) groups is 1. The zero-order valence-electron chi connectivity index (χ0n) is 7.28. The van der Waals surface area contributed by atoms with Gasteiger partial charge in [0.2, 0.25) is 0 Å². The van der Waals surface area contributed by atoms with Gasteiger partial charge in [-0.25, -0.2) is 0 Å². The van der Waals surface area contributed by atoms with Gasteiger partial charge in [-0.05, 0) is 22.4 Å². The summed E-state index contributed by atoms with van der Waals surface area (Å²) in [5.74, 6) is -0.603. The van der Waals surface area contributed by atoms with Gasteiger partial charge < -0.3 is 10.8 Å². The zero-order chi connectivity index (χ0) is 10.3. The van der Waals surface area contributed by atoms with Gasteiger partial charge in [0.15, 0.2) is 0 Å². The molecule has 1 aromatic rings. The highest BCUT2D eigenvalue weighted by Gasteiger charge is 1.92. The molecule has 0 amide bonds. The fourth-order valence-corrected chi connectivity index (χ4v) is 1.28. The van der Waals surface area contributed by atoms with Gasteiger partial charge in [0, 0.05) is 13.3 Å².